The molecule has 0 aromatic heterocycles. The average Bonchev–Trinajstić information content (AvgIpc) is 2.78. The van der Waals surface area contributed by atoms with Crippen LogP contribution in [0.1, 0.15) is 25.7 Å². The van der Waals surface area contributed by atoms with Crippen LogP contribution in [0.25, 0.3) is 0 Å². The van der Waals surface area contributed by atoms with Crippen LogP contribution in [0, 0.1) is 0 Å². The highest BCUT2D eigenvalue weighted by Gasteiger charge is 2.18. The Bertz CT molecular complexity index is 231. The van der Waals surface area contributed by atoms with E-state index in [1.807, 2.05) is 4.90 Å². The van der Waals surface area contributed by atoms with E-state index in [1.54, 1.807) is 0 Å². The molecule has 0 aliphatic carbocycles. The first-order valence-corrected chi connectivity index (χ1v) is 5.42. The minimum atomic E-state index is 0.294. The number of likely N-dealkylation sites (tertiary alicyclic amines) is 1. The van der Waals surface area contributed by atoms with Crippen LogP contribution in [-0.2, 0) is 9.53 Å². The fourth-order valence-electron chi connectivity index (χ4n) is 1.99. The number of carbonyl (C=O) groups excluding carboxylic acids is 1. The maximum atomic E-state index is 11.3. The number of hydrogen-bond donors (Lipinski definition) is 0. The van der Waals surface area contributed by atoms with Gasteiger partial charge in [0.2, 0.25) is 5.91 Å². The molecule has 2 heterocycles. The Kier molecular flexibility index (Phi) is 3.19. The van der Waals surface area contributed by atoms with Crippen LogP contribution in [-0.4, -0.2) is 36.6 Å². The summed E-state index contributed by atoms with van der Waals surface area (Å²) < 4.78 is 5.45. The quantitative estimate of drug-likeness (QED) is 0.636. The molecule has 0 aromatic rings. The van der Waals surface area contributed by atoms with Gasteiger partial charge in [0.25, 0.3) is 0 Å². The maximum Gasteiger partial charge on any atom is 0.222 e. The molecule has 0 radical (unpaired) electrons. The summed E-state index contributed by atoms with van der Waals surface area (Å²) in [6.07, 6.45) is 8.51. The van der Waals surface area contributed by atoms with Crippen molar-refractivity contribution in [3.63, 3.8) is 0 Å². The Morgan fingerprint density at radius 1 is 1.50 bits per heavy atom. The molecule has 2 aliphatic heterocycles. The van der Waals surface area contributed by atoms with E-state index >= 15 is 0 Å². The number of nitrogens with zero attached hydrogens (tertiary/aromatic N) is 1. The van der Waals surface area contributed by atoms with E-state index < -0.39 is 0 Å². The van der Waals surface area contributed by atoms with Gasteiger partial charge in [0.05, 0.1) is 6.10 Å². The molecule has 0 saturated carbocycles. The average molecular weight is 195 g/mol. The Morgan fingerprint density at radius 3 is 3.07 bits per heavy atom. The first-order valence-electron chi connectivity index (χ1n) is 5.42. The summed E-state index contributed by atoms with van der Waals surface area (Å²) >= 11 is 0. The molecule has 2 fully saturated rings. The van der Waals surface area contributed by atoms with Crippen molar-refractivity contribution >= 4 is 5.91 Å². The van der Waals surface area contributed by atoms with Crippen molar-refractivity contribution < 1.29 is 9.53 Å². The number of amides is 1. The van der Waals surface area contributed by atoms with Gasteiger partial charge in [-0.25, -0.2) is 0 Å². The molecule has 0 N–H and O–H groups in total. The minimum absolute atomic E-state index is 0.294. The Balaban J connectivity index is 1.72. The van der Waals surface area contributed by atoms with Gasteiger partial charge < -0.3 is 9.64 Å². The van der Waals surface area contributed by atoms with Crippen molar-refractivity contribution in [1.82, 2.24) is 4.90 Å². The highest BCUT2D eigenvalue weighted by Crippen LogP contribution is 2.13. The fourth-order valence-corrected chi connectivity index (χ4v) is 1.99. The topological polar surface area (TPSA) is 29.5 Å². The standard InChI is InChI=1S/C11H17NO2/c13-11-6-2-8-12(11)7-1-4-10-5-3-9-14-10/h1,4,10H,2-3,5-9H2. The highest BCUT2D eigenvalue weighted by molar-refractivity contribution is 5.78. The van der Waals surface area contributed by atoms with Gasteiger partial charge in [0, 0.05) is 26.1 Å². The highest BCUT2D eigenvalue weighted by atomic mass is 16.5. The van der Waals surface area contributed by atoms with Gasteiger partial charge in [-0.05, 0) is 19.3 Å². The molecular weight excluding hydrogens is 178 g/mol. The zero-order chi connectivity index (χ0) is 9.80. The first-order chi connectivity index (χ1) is 6.86. The molecule has 2 aliphatic rings. The molecule has 0 spiro atoms. The van der Waals surface area contributed by atoms with Crippen LogP contribution in [0.5, 0.6) is 0 Å². The van der Waals surface area contributed by atoms with Crippen molar-refractivity contribution in [2.24, 2.45) is 0 Å². The Labute approximate surface area is 84.7 Å². The van der Waals surface area contributed by atoms with Crippen LogP contribution in [0.4, 0.5) is 0 Å². The van der Waals surface area contributed by atoms with E-state index in [0.29, 0.717) is 12.0 Å². The second-order valence-electron chi connectivity index (χ2n) is 3.92. The molecule has 1 unspecified atom stereocenters. The summed E-state index contributed by atoms with van der Waals surface area (Å²) in [6, 6.07) is 0. The van der Waals surface area contributed by atoms with Crippen molar-refractivity contribution in [2.75, 3.05) is 19.7 Å². The van der Waals surface area contributed by atoms with Crippen molar-refractivity contribution in [3.8, 4) is 0 Å². The maximum absolute atomic E-state index is 11.3. The predicted molar refractivity (Wildman–Crippen MR) is 53.9 cm³/mol. The van der Waals surface area contributed by atoms with Crippen LogP contribution in [0.15, 0.2) is 12.2 Å². The van der Waals surface area contributed by atoms with Gasteiger partial charge in [0.1, 0.15) is 0 Å². The third-order valence-electron chi connectivity index (χ3n) is 2.81. The fraction of sp³-hybridized carbons (Fsp3) is 0.727. The summed E-state index contributed by atoms with van der Waals surface area (Å²) in [6.45, 7) is 2.57. The predicted octanol–water partition coefficient (Wildman–Crippen LogP) is 1.34. The molecule has 0 aromatic carbocycles. The second kappa shape index (κ2) is 4.60. The summed E-state index contributed by atoms with van der Waals surface area (Å²) in [5, 5.41) is 0. The van der Waals surface area contributed by atoms with Gasteiger partial charge in [-0.3, -0.25) is 4.79 Å². The summed E-state index contributed by atoms with van der Waals surface area (Å²) in [5.41, 5.74) is 0. The van der Waals surface area contributed by atoms with Crippen LogP contribution < -0.4 is 0 Å². The van der Waals surface area contributed by atoms with E-state index in [0.717, 1.165) is 45.4 Å². The lowest BCUT2D eigenvalue weighted by Gasteiger charge is -2.12. The molecule has 1 atom stereocenters. The third-order valence-corrected chi connectivity index (χ3v) is 2.81. The summed E-state index contributed by atoms with van der Waals surface area (Å²) in [4.78, 5) is 13.2. The molecule has 14 heavy (non-hydrogen) atoms. The summed E-state index contributed by atoms with van der Waals surface area (Å²) in [5.74, 6) is 0.294. The van der Waals surface area contributed by atoms with Gasteiger partial charge in [-0.15, -0.1) is 0 Å². The Hall–Kier alpha value is -0.830. The molecule has 2 rings (SSSR count). The minimum Gasteiger partial charge on any atom is -0.374 e. The SMILES string of the molecule is O=C1CCCN1CC=CC1CCCO1. The van der Waals surface area contributed by atoms with E-state index in [2.05, 4.69) is 12.2 Å². The molecule has 2 saturated heterocycles. The third kappa shape index (κ3) is 2.35. The van der Waals surface area contributed by atoms with E-state index in [4.69, 9.17) is 4.74 Å². The largest absolute Gasteiger partial charge is 0.374 e. The van der Waals surface area contributed by atoms with Crippen molar-refractivity contribution in [2.45, 2.75) is 31.8 Å². The number of hydrogen-bond acceptors (Lipinski definition) is 2. The van der Waals surface area contributed by atoms with E-state index in [-0.39, 0.29) is 0 Å². The van der Waals surface area contributed by atoms with Crippen molar-refractivity contribution in [1.29, 1.82) is 0 Å². The van der Waals surface area contributed by atoms with E-state index in [9.17, 15) is 4.79 Å². The molecule has 1 amide bonds. The second-order valence-corrected chi connectivity index (χ2v) is 3.92. The number of carbonyl (C=O) groups is 1. The Morgan fingerprint density at radius 2 is 2.43 bits per heavy atom. The first kappa shape index (κ1) is 9.71. The number of rotatable bonds is 3. The molecular formula is C11H17NO2. The van der Waals surface area contributed by atoms with E-state index in [1.165, 1.54) is 0 Å². The van der Waals surface area contributed by atoms with Crippen LogP contribution in [0.2, 0.25) is 0 Å². The summed E-state index contributed by atoms with van der Waals surface area (Å²) in [7, 11) is 0. The van der Waals surface area contributed by atoms with Crippen LogP contribution in [0.3, 0.4) is 0 Å². The normalized spacial score (nSPS) is 28.1. The number of ether oxygens (including phenoxy) is 1. The van der Waals surface area contributed by atoms with Crippen molar-refractivity contribution in [3.05, 3.63) is 12.2 Å². The van der Waals surface area contributed by atoms with Gasteiger partial charge >= 0.3 is 0 Å². The molecule has 78 valence electrons. The molecule has 3 nitrogen and oxygen atoms in total. The lowest BCUT2D eigenvalue weighted by Crippen LogP contribution is -2.24. The van der Waals surface area contributed by atoms with Gasteiger partial charge in [-0.1, -0.05) is 12.2 Å². The van der Waals surface area contributed by atoms with Crippen LogP contribution >= 0.6 is 0 Å². The molecule has 0 bridgehead atoms. The zero-order valence-corrected chi connectivity index (χ0v) is 8.45. The monoisotopic (exact) mass is 195 g/mol. The van der Waals surface area contributed by atoms with Gasteiger partial charge in [-0.2, -0.15) is 0 Å². The lowest BCUT2D eigenvalue weighted by atomic mass is 10.2. The van der Waals surface area contributed by atoms with Gasteiger partial charge in [0.15, 0.2) is 0 Å². The smallest absolute Gasteiger partial charge is 0.222 e. The zero-order valence-electron chi connectivity index (χ0n) is 8.45. The molecule has 3 heteroatoms. The lowest BCUT2D eigenvalue weighted by molar-refractivity contribution is -0.127.